The zero-order valence-electron chi connectivity index (χ0n) is 18.9. The van der Waals surface area contributed by atoms with Crippen molar-refractivity contribution in [2.45, 2.75) is 38.8 Å². The number of benzene rings is 1. The molecule has 2 aromatic rings. The molecule has 0 spiro atoms. The maximum atomic E-state index is 5.74. The number of nitrogens with zero attached hydrogens (tertiary/aromatic N) is 3. The second kappa shape index (κ2) is 13.7. The smallest absolute Gasteiger partial charge is 0.191 e. The van der Waals surface area contributed by atoms with Gasteiger partial charge in [0.05, 0.1) is 24.8 Å². The van der Waals surface area contributed by atoms with E-state index in [1.807, 2.05) is 31.1 Å². The Hall–Kier alpha value is -1.65. The van der Waals surface area contributed by atoms with Crippen LogP contribution >= 0.6 is 24.0 Å². The van der Waals surface area contributed by atoms with E-state index in [0.29, 0.717) is 19.3 Å². The molecule has 0 bridgehead atoms. The fourth-order valence-electron chi connectivity index (χ4n) is 3.47. The van der Waals surface area contributed by atoms with Crippen LogP contribution in [-0.4, -0.2) is 64.1 Å². The zero-order chi connectivity index (χ0) is 21.2. The van der Waals surface area contributed by atoms with Crippen molar-refractivity contribution >= 4 is 46.7 Å². The summed E-state index contributed by atoms with van der Waals surface area (Å²) in [7, 11) is 4.02. The summed E-state index contributed by atoms with van der Waals surface area (Å²) in [5.41, 5.74) is 2.16. The Balaban J connectivity index is 0.00000341. The van der Waals surface area contributed by atoms with Crippen LogP contribution in [0.5, 0.6) is 0 Å². The highest BCUT2D eigenvalue weighted by molar-refractivity contribution is 14.0. The van der Waals surface area contributed by atoms with Crippen molar-refractivity contribution in [3.05, 3.63) is 35.9 Å². The summed E-state index contributed by atoms with van der Waals surface area (Å²) in [6.07, 6.45) is 3.49. The fourth-order valence-corrected chi connectivity index (χ4v) is 3.47. The minimum Gasteiger partial charge on any atom is -0.379 e. The number of anilines is 1. The van der Waals surface area contributed by atoms with E-state index in [2.05, 4.69) is 35.8 Å². The van der Waals surface area contributed by atoms with Gasteiger partial charge in [0.1, 0.15) is 5.82 Å². The molecular weight excluding hydrogens is 505 g/mol. The lowest BCUT2D eigenvalue weighted by molar-refractivity contribution is 0.0168. The lowest BCUT2D eigenvalue weighted by Gasteiger charge is -2.15. The molecule has 2 N–H and O–H groups in total. The first-order valence-corrected chi connectivity index (χ1v) is 10.9. The third-order valence-electron chi connectivity index (χ3n) is 5.08. The summed E-state index contributed by atoms with van der Waals surface area (Å²) in [6, 6.07) is 10.4. The number of aliphatic imine (C=N–C) groups is 1. The Morgan fingerprint density at radius 1 is 1.29 bits per heavy atom. The molecule has 1 aliphatic rings. The van der Waals surface area contributed by atoms with Gasteiger partial charge in [-0.2, -0.15) is 0 Å². The molecule has 1 aromatic heterocycles. The Kier molecular flexibility index (Phi) is 11.3. The molecule has 172 valence electrons. The first-order valence-electron chi connectivity index (χ1n) is 10.9. The first kappa shape index (κ1) is 25.6. The number of fused-ring (bicyclic) bond motifs is 1. The van der Waals surface area contributed by atoms with Crippen molar-refractivity contribution in [3.63, 3.8) is 0 Å². The van der Waals surface area contributed by atoms with Crippen molar-refractivity contribution in [2.75, 3.05) is 51.9 Å². The van der Waals surface area contributed by atoms with Crippen LogP contribution in [0.4, 0.5) is 5.82 Å². The predicted octanol–water partition coefficient (Wildman–Crippen LogP) is 3.56. The quantitative estimate of drug-likeness (QED) is 0.208. The van der Waals surface area contributed by atoms with Gasteiger partial charge >= 0.3 is 0 Å². The van der Waals surface area contributed by atoms with Crippen LogP contribution in [0, 0.1) is 0 Å². The maximum Gasteiger partial charge on any atom is 0.191 e. The van der Waals surface area contributed by atoms with Gasteiger partial charge in [-0.25, -0.2) is 9.98 Å². The summed E-state index contributed by atoms with van der Waals surface area (Å²) in [6.45, 7) is 6.62. The number of halogens is 1. The first-order chi connectivity index (χ1) is 14.7. The van der Waals surface area contributed by atoms with Gasteiger partial charge in [-0.1, -0.05) is 18.2 Å². The Labute approximate surface area is 203 Å². The van der Waals surface area contributed by atoms with Gasteiger partial charge in [-0.3, -0.25) is 0 Å². The van der Waals surface area contributed by atoms with Crippen LogP contribution in [0.3, 0.4) is 0 Å². The van der Waals surface area contributed by atoms with Crippen molar-refractivity contribution in [1.82, 2.24) is 15.6 Å². The van der Waals surface area contributed by atoms with E-state index in [-0.39, 0.29) is 24.0 Å². The third-order valence-corrected chi connectivity index (χ3v) is 5.08. The molecule has 0 saturated carbocycles. The van der Waals surface area contributed by atoms with E-state index < -0.39 is 0 Å². The monoisotopic (exact) mass is 541 g/mol. The van der Waals surface area contributed by atoms with Gasteiger partial charge in [0, 0.05) is 45.8 Å². The minimum atomic E-state index is 0. The van der Waals surface area contributed by atoms with E-state index in [4.69, 9.17) is 19.5 Å². The van der Waals surface area contributed by atoms with Gasteiger partial charge in [0.15, 0.2) is 5.96 Å². The van der Waals surface area contributed by atoms with E-state index in [1.165, 1.54) is 5.56 Å². The molecule has 8 heteroatoms. The molecular formula is C23H36IN5O2. The van der Waals surface area contributed by atoms with Gasteiger partial charge in [-0.05, 0) is 43.9 Å². The Morgan fingerprint density at radius 2 is 2.13 bits per heavy atom. The molecule has 1 aliphatic heterocycles. The van der Waals surface area contributed by atoms with Gasteiger partial charge in [-0.15, -0.1) is 24.0 Å². The van der Waals surface area contributed by atoms with Crippen LogP contribution in [0.25, 0.3) is 10.9 Å². The molecule has 1 unspecified atom stereocenters. The van der Waals surface area contributed by atoms with E-state index in [0.717, 1.165) is 68.2 Å². The highest BCUT2D eigenvalue weighted by Gasteiger charge is 2.15. The molecule has 7 nitrogen and oxygen atoms in total. The molecule has 1 aromatic carbocycles. The Bertz CT molecular complexity index is 825. The van der Waals surface area contributed by atoms with Crippen LogP contribution < -0.4 is 15.5 Å². The summed E-state index contributed by atoms with van der Waals surface area (Å²) < 4.78 is 11.3. The number of para-hydroxylation sites is 1. The van der Waals surface area contributed by atoms with Crippen molar-refractivity contribution in [2.24, 2.45) is 4.99 Å². The number of hydrogen-bond acceptors (Lipinski definition) is 5. The molecule has 3 rings (SSSR count). The maximum absolute atomic E-state index is 5.74. The van der Waals surface area contributed by atoms with Crippen LogP contribution in [0.2, 0.25) is 0 Å². The highest BCUT2D eigenvalue weighted by atomic mass is 127. The second-order valence-electron chi connectivity index (χ2n) is 7.74. The zero-order valence-corrected chi connectivity index (χ0v) is 21.2. The summed E-state index contributed by atoms with van der Waals surface area (Å²) in [5.74, 6) is 1.77. The Morgan fingerprint density at radius 3 is 2.87 bits per heavy atom. The van der Waals surface area contributed by atoms with Crippen molar-refractivity contribution in [1.29, 1.82) is 0 Å². The number of guanidine groups is 1. The SMILES string of the molecule is CCNC(=NCc1cc(N(C)C)nc2ccccc12)NCCCOCC1CCCO1.I. The summed E-state index contributed by atoms with van der Waals surface area (Å²) in [4.78, 5) is 11.6. The van der Waals surface area contributed by atoms with Crippen LogP contribution in [0.1, 0.15) is 31.7 Å². The molecule has 1 fully saturated rings. The molecule has 31 heavy (non-hydrogen) atoms. The normalized spacial score (nSPS) is 16.2. The van der Waals surface area contributed by atoms with Gasteiger partial charge in [0.25, 0.3) is 0 Å². The van der Waals surface area contributed by atoms with E-state index in [9.17, 15) is 0 Å². The number of pyridine rings is 1. The van der Waals surface area contributed by atoms with Crippen LogP contribution in [-0.2, 0) is 16.0 Å². The summed E-state index contributed by atoms with van der Waals surface area (Å²) >= 11 is 0. The van der Waals surface area contributed by atoms with E-state index >= 15 is 0 Å². The number of ether oxygens (including phenoxy) is 2. The molecule has 0 radical (unpaired) electrons. The molecule has 0 aliphatic carbocycles. The minimum absolute atomic E-state index is 0. The average molecular weight is 541 g/mol. The average Bonchev–Trinajstić information content (AvgIpc) is 3.27. The molecule has 2 heterocycles. The number of nitrogens with one attached hydrogen (secondary N) is 2. The second-order valence-corrected chi connectivity index (χ2v) is 7.74. The topological polar surface area (TPSA) is 71.0 Å². The number of aromatic nitrogens is 1. The predicted molar refractivity (Wildman–Crippen MR) is 139 cm³/mol. The van der Waals surface area contributed by atoms with Crippen LogP contribution in [0.15, 0.2) is 35.3 Å². The summed E-state index contributed by atoms with van der Waals surface area (Å²) in [5, 5.41) is 7.88. The van der Waals surface area contributed by atoms with E-state index in [1.54, 1.807) is 0 Å². The van der Waals surface area contributed by atoms with Gasteiger partial charge < -0.3 is 25.0 Å². The molecule has 1 saturated heterocycles. The van der Waals surface area contributed by atoms with Crippen molar-refractivity contribution in [3.8, 4) is 0 Å². The standard InChI is InChI=1S/C23H35N5O2.HI/c1-4-24-23(25-12-8-13-29-17-19-9-7-14-30-19)26-16-18-15-22(28(2)3)27-21-11-6-5-10-20(18)21;/h5-6,10-11,15,19H,4,7-9,12-14,16-17H2,1-3H3,(H2,24,25,26);1H. The largest absolute Gasteiger partial charge is 0.379 e. The van der Waals surface area contributed by atoms with Gasteiger partial charge in [0.2, 0.25) is 0 Å². The molecule has 1 atom stereocenters. The lowest BCUT2D eigenvalue weighted by atomic mass is 10.1. The third kappa shape index (κ3) is 8.08. The number of rotatable bonds is 10. The molecule has 0 amide bonds. The highest BCUT2D eigenvalue weighted by Crippen LogP contribution is 2.22. The van der Waals surface area contributed by atoms with Crippen molar-refractivity contribution < 1.29 is 9.47 Å². The number of hydrogen-bond donors (Lipinski definition) is 2. The lowest BCUT2D eigenvalue weighted by Crippen LogP contribution is -2.38. The fraction of sp³-hybridized carbons (Fsp3) is 0.565.